The molecule has 1 unspecified atom stereocenters. The summed E-state index contributed by atoms with van der Waals surface area (Å²) in [6.45, 7) is 2.62. The number of rotatable bonds is 4. The molecule has 20 heavy (non-hydrogen) atoms. The maximum absolute atomic E-state index is 6.00. The number of para-hydroxylation sites is 1. The summed E-state index contributed by atoms with van der Waals surface area (Å²) in [4.78, 5) is 0. The van der Waals surface area contributed by atoms with Crippen molar-refractivity contribution in [2.24, 2.45) is 0 Å². The molecule has 1 atom stereocenters. The highest BCUT2D eigenvalue weighted by atomic mass is 35.5. The highest BCUT2D eigenvalue weighted by Gasteiger charge is 2.20. The molecule has 0 spiro atoms. The van der Waals surface area contributed by atoms with E-state index >= 15 is 0 Å². The molecule has 3 heteroatoms. The van der Waals surface area contributed by atoms with Crippen LogP contribution in [-0.4, -0.2) is 13.2 Å². The highest BCUT2D eigenvalue weighted by Crippen LogP contribution is 2.32. The van der Waals surface area contributed by atoms with E-state index in [4.69, 9.17) is 16.3 Å². The lowest BCUT2D eigenvalue weighted by Crippen LogP contribution is -2.25. The van der Waals surface area contributed by atoms with Crippen LogP contribution in [0.25, 0.3) is 0 Å². The average molecular weight is 288 g/mol. The number of benzene rings is 2. The molecule has 0 aromatic heterocycles. The monoisotopic (exact) mass is 287 g/mol. The van der Waals surface area contributed by atoms with Gasteiger partial charge in [0, 0.05) is 24.0 Å². The Morgan fingerprint density at radius 3 is 2.95 bits per heavy atom. The molecule has 0 radical (unpaired) electrons. The maximum atomic E-state index is 6.00. The molecule has 0 saturated carbocycles. The van der Waals surface area contributed by atoms with Crippen molar-refractivity contribution in [3.8, 4) is 5.75 Å². The summed E-state index contributed by atoms with van der Waals surface area (Å²) in [5, 5.41) is 4.32. The number of nitrogens with one attached hydrogen (secondary N) is 1. The van der Waals surface area contributed by atoms with Crippen LogP contribution in [0.5, 0.6) is 5.75 Å². The van der Waals surface area contributed by atoms with E-state index in [1.54, 1.807) is 0 Å². The van der Waals surface area contributed by atoms with Gasteiger partial charge in [-0.3, -0.25) is 0 Å². The van der Waals surface area contributed by atoms with Crippen LogP contribution in [0.1, 0.15) is 23.5 Å². The standard InChI is InChI=1S/C17H18ClNO/c18-15-5-3-4-13(10-15)11-19-12-14-8-9-20-17-7-2-1-6-16(14)17/h1-7,10,14,19H,8-9,11-12H2. The van der Waals surface area contributed by atoms with Gasteiger partial charge in [0.2, 0.25) is 0 Å². The van der Waals surface area contributed by atoms with E-state index in [0.717, 1.165) is 36.9 Å². The fourth-order valence-corrected chi connectivity index (χ4v) is 2.88. The van der Waals surface area contributed by atoms with Gasteiger partial charge in [-0.1, -0.05) is 41.9 Å². The van der Waals surface area contributed by atoms with Crippen LogP contribution in [0.4, 0.5) is 0 Å². The molecule has 1 aliphatic rings. The van der Waals surface area contributed by atoms with Gasteiger partial charge in [-0.15, -0.1) is 0 Å². The summed E-state index contributed by atoms with van der Waals surface area (Å²) < 4.78 is 5.69. The molecule has 2 aromatic rings. The Kier molecular flexibility index (Phi) is 4.24. The van der Waals surface area contributed by atoms with Crippen molar-refractivity contribution in [2.45, 2.75) is 18.9 Å². The highest BCUT2D eigenvalue weighted by molar-refractivity contribution is 6.30. The molecule has 0 amide bonds. The van der Waals surface area contributed by atoms with Gasteiger partial charge in [-0.2, -0.15) is 0 Å². The van der Waals surface area contributed by atoms with E-state index in [1.165, 1.54) is 11.1 Å². The zero-order chi connectivity index (χ0) is 13.8. The molecule has 1 heterocycles. The second-order valence-electron chi connectivity index (χ2n) is 5.13. The summed E-state index contributed by atoms with van der Waals surface area (Å²) in [6, 6.07) is 16.3. The van der Waals surface area contributed by atoms with Gasteiger partial charge in [0.25, 0.3) is 0 Å². The summed E-state index contributed by atoms with van der Waals surface area (Å²) in [6.07, 6.45) is 1.07. The van der Waals surface area contributed by atoms with Gasteiger partial charge in [-0.25, -0.2) is 0 Å². The third kappa shape index (κ3) is 3.14. The van der Waals surface area contributed by atoms with Crippen molar-refractivity contribution in [2.75, 3.05) is 13.2 Å². The van der Waals surface area contributed by atoms with E-state index < -0.39 is 0 Å². The van der Waals surface area contributed by atoms with Crippen molar-refractivity contribution >= 4 is 11.6 Å². The van der Waals surface area contributed by atoms with Crippen molar-refractivity contribution < 1.29 is 4.74 Å². The molecule has 3 rings (SSSR count). The lowest BCUT2D eigenvalue weighted by atomic mass is 9.93. The van der Waals surface area contributed by atoms with E-state index in [0.29, 0.717) is 5.92 Å². The number of hydrogen-bond acceptors (Lipinski definition) is 2. The predicted molar refractivity (Wildman–Crippen MR) is 82.5 cm³/mol. The van der Waals surface area contributed by atoms with E-state index in [2.05, 4.69) is 29.6 Å². The first kappa shape index (κ1) is 13.5. The summed E-state index contributed by atoms with van der Waals surface area (Å²) in [7, 11) is 0. The first-order valence-electron chi connectivity index (χ1n) is 7.00. The van der Waals surface area contributed by atoms with Gasteiger partial charge in [0.15, 0.2) is 0 Å². The van der Waals surface area contributed by atoms with E-state index in [9.17, 15) is 0 Å². The minimum atomic E-state index is 0.527. The number of ether oxygens (including phenoxy) is 1. The number of halogens is 1. The summed E-state index contributed by atoms with van der Waals surface area (Å²) in [5.74, 6) is 1.56. The van der Waals surface area contributed by atoms with Crippen LogP contribution in [0.3, 0.4) is 0 Å². The molecule has 0 aliphatic carbocycles. The lowest BCUT2D eigenvalue weighted by molar-refractivity contribution is 0.264. The van der Waals surface area contributed by atoms with Crippen molar-refractivity contribution in [1.29, 1.82) is 0 Å². The topological polar surface area (TPSA) is 21.3 Å². The molecule has 104 valence electrons. The predicted octanol–water partition coefficient (Wildman–Crippen LogP) is 4.00. The van der Waals surface area contributed by atoms with Crippen LogP contribution in [0.2, 0.25) is 5.02 Å². The van der Waals surface area contributed by atoms with Crippen molar-refractivity contribution in [3.63, 3.8) is 0 Å². The second kappa shape index (κ2) is 6.29. The Morgan fingerprint density at radius 2 is 2.05 bits per heavy atom. The van der Waals surface area contributed by atoms with Gasteiger partial charge >= 0.3 is 0 Å². The first-order valence-corrected chi connectivity index (χ1v) is 7.37. The second-order valence-corrected chi connectivity index (χ2v) is 5.57. The molecule has 2 aromatic carbocycles. The molecule has 1 aliphatic heterocycles. The Balaban J connectivity index is 1.60. The minimum Gasteiger partial charge on any atom is -0.493 e. The van der Waals surface area contributed by atoms with Gasteiger partial charge < -0.3 is 10.1 Å². The normalized spacial score (nSPS) is 17.4. The molecular formula is C17H18ClNO. The zero-order valence-corrected chi connectivity index (χ0v) is 12.1. The third-order valence-electron chi connectivity index (χ3n) is 3.69. The van der Waals surface area contributed by atoms with Crippen molar-refractivity contribution in [3.05, 3.63) is 64.7 Å². The molecular weight excluding hydrogens is 270 g/mol. The molecule has 0 bridgehead atoms. The fourth-order valence-electron chi connectivity index (χ4n) is 2.67. The fraction of sp³-hybridized carbons (Fsp3) is 0.294. The summed E-state index contributed by atoms with van der Waals surface area (Å²) >= 11 is 6.00. The number of hydrogen-bond donors (Lipinski definition) is 1. The SMILES string of the molecule is Clc1cccc(CNCC2CCOc3ccccc32)c1. The molecule has 0 saturated heterocycles. The Morgan fingerprint density at radius 1 is 1.15 bits per heavy atom. The molecule has 2 nitrogen and oxygen atoms in total. The van der Waals surface area contributed by atoms with E-state index in [1.807, 2.05) is 24.3 Å². The smallest absolute Gasteiger partial charge is 0.122 e. The van der Waals surface area contributed by atoms with Gasteiger partial charge in [0.1, 0.15) is 5.75 Å². The van der Waals surface area contributed by atoms with Crippen LogP contribution in [0, 0.1) is 0 Å². The van der Waals surface area contributed by atoms with Gasteiger partial charge in [-0.05, 0) is 35.7 Å². The Hall–Kier alpha value is -1.51. The van der Waals surface area contributed by atoms with Gasteiger partial charge in [0.05, 0.1) is 6.61 Å². The quantitative estimate of drug-likeness (QED) is 0.918. The first-order chi connectivity index (χ1) is 9.83. The Bertz CT molecular complexity index is 585. The molecule has 1 N–H and O–H groups in total. The molecule has 0 fully saturated rings. The Labute approximate surface area is 124 Å². The summed E-state index contributed by atoms with van der Waals surface area (Å²) in [5.41, 5.74) is 2.54. The van der Waals surface area contributed by atoms with Crippen LogP contribution in [0.15, 0.2) is 48.5 Å². The van der Waals surface area contributed by atoms with Crippen LogP contribution >= 0.6 is 11.6 Å². The van der Waals surface area contributed by atoms with Crippen LogP contribution in [-0.2, 0) is 6.54 Å². The minimum absolute atomic E-state index is 0.527. The largest absolute Gasteiger partial charge is 0.493 e. The third-order valence-corrected chi connectivity index (χ3v) is 3.93. The maximum Gasteiger partial charge on any atom is 0.122 e. The lowest BCUT2D eigenvalue weighted by Gasteiger charge is -2.26. The van der Waals surface area contributed by atoms with E-state index in [-0.39, 0.29) is 0 Å². The van der Waals surface area contributed by atoms with Crippen molar-refractivity contribution in [1.82, 2.24) is 5.32 Å². The number of fused-ring (bicyclic) bond motifs is 1. The zero-order valence-electron chi connectivity index (χ0n) is 11.3. The average Bonchev–Trinajstić information content (AvgIpc) is 2.48. The van der Waals surface area contributed by atoms with Crippen LogP contribution < -0.4 is 10.1 Å².